The highest BCUT2D eigenvalue weighted by molar-refractivity contribution is 6.30. The fourth-order valence-electron chi connectivity index (χ4n) is 3.64. The number of fused-ring (bicyclic) bond motifs is 3. The molecule has 2 N–H and O–H groups in total. The summed E-state index contributed by atoms with van der Waals surface area (Å²) >= 11 is 6.06. The maximum Gasteiger partial charge on any atom is 0.223 e. The van der Waals surface area contributed by atoms with Crippen molar-refractivity contribution in [1.29, 1.82) is 0 Å². The van der Waals surface area contributed by atoms with Gasteiger partial charge in [-0.05, 0) is 29.8 Å². The number of hydrogen-bond acceptors (Lipinski definition) is 5. The molecule has 0 saturated heterocycles. The second kappa shape index (κ2) is 5.82. The van der Waals surface area contributed by atoms with Gasteiger partial charge in [-0.25, -0.2) is 5.10 Å². The Hall–Kier alpha value is -2.90. The minimum atomic E-state index is -0.864. The summed E-state index contributed by atoms with van der Waals surface area (Å²) < 4.78 is 2.13. The number of nitrogens with one attached hydrogen (secondary N) is 1. The van der Waals surface area contributed by atoms with Gasteiger partial charge in [-0.15, -0.1) is 0 Å². The van der Waals surface area contributed by atoms with Crippen molar-refractivity contribution in [3.8, 4) is 11.1 Å². The van der Waals surface area contributed by atoms with Gasteiger partial charge < -0.3 is 14.6 Å². The summed E-state index contributed by atoms with van der Waals surface area (Å²) in [5.74, 6) is 0.545. The lowest BCUT2D eigenvalue weighted by molar-refractivity contribution is 0.148. The molecule has 3 aromatic heterocycles. The van der Waals surface area contributed by atoms with Crippen LogP contribution >= 0.6 is 11.6 Å². The zero-order valence-corrected chi connectivity index (χ0v) is 14.4. The number of aromatic nitrogens is 5. The van der Waals surface area contributed by atoms with E-state index in [2.05, 4.69) is 24.7 Å². The normalized spacial score (nSPS) is 16.8. The number of aliphatic hydroxyl groups is 1. The van der Waals surface area contributed by atoms with Crippen LogP contribution in [0.2, 0.25) is 5.02 Å². The number of halogens is 1. The number of pyridine rings is 1. The molecule has 4 heterocycles. The van der Waals surface area contributed by atoms with Crippen LogP contribution in [0.3, 0.4) is 0 Å². The molecule has 130 valence electrons. The van der Waals surface area contributed by atoms with Crippen LogP contribution in [0, 0.1) is 0 Å². The van der Waals surface area contributed by atoms with Crippen LogP contribution in [0.5, 0.6) is 0 Å². The monoisotopic (exact) mass is 366 g/mol. The van der Waals surface area contributed by atoms with Crippen LogP contribution in [0.1, 0.15) is 11.9 Å². The summed E-state index contributed by atoms with van der Waals surface area (Å²) in [5, 5.41) is 18.6. The van der Waals surface area contributed by atoms with Gasteiger partial charge in [0.1, 0.15) is 6.33 Å². The fraction of sp³-hybridized carbons (Fsp3) is 0.167. The molecule has 7 nitrogen and oxygen atoms in total. The summed E-state index contributed by atoms with van der Waals surface area (Å²) in [6, 6.07) is 11.5. The lowest BCUT2D eigenvalue weighted by Crippen LogP contribution is -2.38. The largest absolute Gasteiger partial charge is 0.368 e. The minimum Gasteiger partial charge on any atom is -0.368 e. The van der Waals surface area contributed by atoms with Gasteiger partial charge in [0.15, 0.2) is 6.23 Å². The molecule has 4 aromatic rings. The number of rotatable bonds is 2. The molecule has 1 aliphatic rings. The third-order valence-corrected chi connectivity index (χ3v) is 5.02. The lowest BCUT2D eigenvalue weighted by Gasteiger charge is -2.34. The van der Waals surface area contributed by atoms with Crippen molar-refractivity contribution in [2.45, 2.75) is 12.8 Å². The summed E-state index contributed by atoms with van der Waals surface area (Å²) in [6.07, 6.45) is 2.35. The molecule has 1 aromatic carbocycles. The second-order valence-electron chi connectivity index (χ2n) is 6.17. The maximum absolute atomic E-state index is 11.2. The minimum absolute atomic E-state index is 0.545. The van der Waals surface area contributed by atoms with E-state index in [9.17, 15) is 5.11 Å². The molecule has 0 saturated carbocycles. The van der Waals surface area contributed by atoms with Crippen molar-refractivity contribution >= 4 is 28.6 Å². The van der Waals surface area contributed by atoms with Gasteiger partial charge in [-0.1, -0.05) is 23.7 Å². The van der Waals surface area contributed by atoms with Gasteiger partial charge in [-0.3, -0.25) is 4.98 Å². The van der Waals surface area contributed by atoms with E-state index >= 15 is 0 Å². The first-order valence-electron chi connectivity index (χ1n) is 8.27. The molecule has 0 aliphatic carbocycles. The molecule has 5 rings (SSSR count). The first kappa shape index (κ1) is 15.4. The van der Waals surface area contributed by atoms with Crippen molar-refractivity contribution < 1.29 is 5.11 Å². The molecular weight excluding hydrogens is 352 g/mol. The topological polar surface area (TPSA) is 82.9 Å². The second-order valence-corrected chi connectivity index (χ2v) is 6.60. The molecule has 0 bridgehead atoms. The average molecular weight is 367 g/mol. The number of aromatic amines is 1. The standard InChI is InChI=1S/C18H15ClN6O/c19-12-5-3-11(4-6-12)14-15-13(2-1-7-20-15)24-8-9-25(17(26)16(14)24)18-21-10-22-23-18/h1-7,10,17,26H,8-9H2,(H,21,22,23). The van der Waals surface area contributed by atoms with E-state index < -0.39 is 6.23 Å². The molecule has 0 radical (unpaired) electrons. The third kappa shape index (κ3) is 2.21. The van der Waals surface area contributed by atoms with E-state index in [1.54, 1.807) is 11.1 Å². The summed E-state index contributed by atoms with van der Waals surface area (Å²) in [6.45, 7) is 1.32. The predicted octanol–water partition coefficient (Wildman–Crippen LogP) is 2.99. The number of hydrogen-bond donors (Lipinski definition) is 2. The zero-order valence-electron chi connectivity index (χ0n) is 13.7. The molecule has 8 heteroatoms. The van der Waals surface area contributed by atoms with E-state index in [0.29, 0.717) is 24.1 Å². The Bertz CT molecular complexity index is 1070. The number of anilines is 1. The van der Waals surface area contributed by atoms with Crippen LogP contribution < -0.4 is 4.90 Å². The Balaban J connectivity index is 1.76. The Morgan fingerprint density at radius 3 is 2.73 bits per heavy atom. The highest BCUT2D eigenvalue weighted by Gasteiger charge is 2.33. The van der Waals surface area contributed by atoms with E-state index in [1.807, 2.05) is 36.4 Å². The Morgan fingerprint density at radius 2 is 1.96 bits per heavy atom. The lowest BCUT2D eigenvalue weighted by atomic mass is 10.0. The fourth-order valence-corrected chi connectivity index (χ4v) is 3.77. The number of nitrogens with zero attached hydrogens (tertiary/aromatic N) is 5. The Kier molecular flexibility index (Phi) is 3.44. The van der Waals surface area contributed by atoms with Gasteiger partial charge in [0.25, 0.3) is 0 Å². The predicted molar refractivity (Wildman–Crippen MR) is 98.9 cm³/mol. The van der Waals surface area contributed by atoms with Crippen molar-refractivity contribution in [1.82, 2.24) is 24.7 Å². The quantitative estimate of drug-likeness (QED) is 0.570. The maximum atomic E-state index is 11.2. The van der Waals surface area contributed by atoms with Gasteiger partial charge >= 0.3 is 0 Å². The number of aliphatic hydroxyl groups excluding tert-OH is 1. The van der Waals surface area contributed by atoms with Gasteiger partial charge in [0.2, 0.25) is 5.95 Å². The zero-order chi connectivity index (χ0) is 17.7. The van der Waals surface area contributed by atoms with Crippen molar-refractivity contribution in [2.24, 2.45) is 0 Å². The van der Waals surface area contributed by atoms with E-state index in [-0.39, 0.29) is 0 Å². The van der Waals surface area contributed by atoms with Gasteiger partial charge in [0.05, 0.1) is 16.7 Å². The van der Waals surface area contributed by atoms with Gasteiger partial charge in [-0.2, -0.15) is 10.1 Å². The van der Waals surface area contributed by atoms with Crippen molar-refractivity contribution in [2.75, 3.05) is 11.4 Å². The highest BCUT2D eigenvalue weighted by atomic mass is 35.5. The molecular formula is C18H15ClN6O. The molecule has 0 amide bonds. The van der Waals surface area contributed by atoms with E-state index in [0.717, 1.165) is 27.9 Å². The van der Waals surface area contributed by atoms with Crippen molar-refractivity contribution in [3.63, 3.8) is 0 Å². The smallest absolute Gasteiger partial charge is 0.223 e. The Morgan fingerprint density at radius 1 is 1.12 bits per heavy atom. The van der Waals surface area contributed by atoms with Crippen LogP contribution in [-0.4, -0.2) is 36.4 Å². The molecule has 1 aliphatic heterocycles. The Labute approximate surface area is 153 Å². The summed E-state index contributed by atoms with van der Waals surface area (Å²) in [7, 11) is 0. The first-order valence-corrected chi connectivity index (χ1v) is 8.65. The molecule has 26 heavy (non-hydrogen) atoms. The third-order valence-electron chi connectivity index (χ3n) is 4.77. The van der Waals surface area contributed by atoms with Crippen LogP contribution in [0.15, 0.2) is 48.9 Å². The summed E-state index contributed by atoms with van der Waals surface area (Å²) in [5.41, 5.74) is 4.54. The van der Waals surface area contributed by atoms with Gasteiger partial charge in [0, 0.05) is 29.9 Å². The van der Waals surface area contributed by atoms with E-state index in [1.165, 1.54) is 6.33 Å². The molecule has 0 fully saturated rings. The molecule has 1 unspecified atom stereocenters. The SMILES string of the molecule is OC1c2c(-c3ccc(Cl)cc3)c3ncccc3n2CCN1c1ncn[nH]1. The average Bonchev–Trinajstić information content (AvgIpc) is 3.30. The first-order chi connectivity index (χ1) is 12.7. The van der Waals surface area contributed by atoms with Crippen LogP contribution in [0.4, 0.5) is 5.95 Å². The van der Waals surface area contributed by atoms with Crippen LogP contribution in [-0.2, 0) is 6.54 Å². The summed E-state index contributed by atoms with van der Waals surface area (Å²) in [4.78, 5) is 10.6. The van der Waals surface area contributed by atoms with Crippen LogP contribution in [0.25, 0.3) is 22.2 Å². The number of benzene rings is 1. The van der Waals surface area contributed by atoms with Crippen molar-refractivity contribution in [3.05, 3.63) is 59.6 Å². The van der Waals surface area contributed by atoms with E-state index in [4.69, 9.17) is 11.6 Å². The molecule has 0 spiro atoms. The molecule has 1 atom stereocenters. The highest BCUT2D eigenvalue weighted by Crippen LogP contribution is 2.41. The number of H-pyrrole nitrogens is 1.